The number of benzene rings is 1. The second kappa shape index (κ2) is 6.60. The molecule has 6 nitrogen and oxygen atoms in total. The number of amides is 1. The lowest BCUT2D eigenvalue weighted by atomic mass is 10.3. The third-order valence-electron chi connectivity index (χ3n) is 2.61. The Hall–Kier alpha value is -2.76. The van der Waals surface area contributed by atoms with E-state index in [-0.39, 0.29) is 12.4 Å². The maximum Gasteiger partial charge on any atom is 0.411 e. The summed E-state index contributed by atoms with van der Waals surface area (Å²) in [6.45, 7) is 3.74. The fourth-order valence-corrected chi connectivity index (χ4v) is 1.66. The van der Waals surface area contributed by atoms with Gasteiger partial charge in [0.1, 0.15) is 5.75 Å². The molecule has 0 aliphatic carbocycles. The van der Waals surface area contributed by atoms with Crippen molar-refractivity contribution in [3.05, 3.63) is 47.9 Å². The molecule has 2 aromatic rings. The lowest BCUT2D eigenvalue weighted by Crippen LogP contribution is -2.13. The van der Waals surface area contributed by atoms with Crippen molar-refractivity contribution >= 4 is 17.7 Å². The van der Waals surface area contributed by atoms with Gasteiger partial charge in [-0.25, -0.2) is 9.59 Å². The van der Waals surface area contributed by atoms with Crippen LogP contribution in [0.1, 0.15) is 23.0 Å². The van der Waals surface area contributed by atoms with E-state index in [0.717, 1.165) is 0 Å². The quantitative estimate of drug-likeness (QED) is 0.689. The van der Waals surface area contributed by atoms with Crippen LogP contribution in [0.5, 0.6) is 5.75 Å². The first-order chi connectivity index (χ1) is 10.1. The minimum atomic E-state index is -0.592. The van der Waals surface area contributed by atoms with Crippen molar-refractivity contribution < 1.29 is 23.5 Å². The van der Waals surface area contributed by atoms with Crippen molar-refractivity contribution in [1.82, 2.24) is 0 Å². The van der Waals surface area contributed by atoms with E-state index in [0.29, 0.717) is 17.0 Å². The molecule has 1 aromatic carbocycles. The van der Waals surface area contributed by atoms with E-state index in [1.807, 2.05) is 0 Å². The van der Waals surface area contributed by atoms with Gasteiger partial charge in [-0.1, -0.05) is 6.07 Å². The molecule has 2 rings (SSSR count). The molecule has 0 atom stereocenters. The fourth-order valence-electron chi connectivity index (χ4n) is 1.66. The predicted octanol–water partition coefficient (Wildman–Crippen LogP) is 3.38. The molecule has 0 radical (unpaired) electrons. The van der Waals surface area contributed by atoms with Crippen LogP contribution in [0, 0.1) is 6.92 Å². The van der Waals surface area contributed by atoms with E-state index in [1.54, 1.807) is 38.1 Å². The van der Waals surface area contributed by atoms with Crippen molar-refractivity contribution in [1.29, 1.82) is 0 Å². The van der Waals surface area contributed by atoms with Crippen LogP contribution in [0.2, 0.25) is 0 Å². The molecule has 0 bridgehead atoms. The number of anilines is 1. The highest BCUT2D eigenvalue weighted by molar-refractivity contribution is 5.90. The van der Waals surface area contributed by atoms with Crippen LogP contribution in [0.4, 0.5) is 10.5 Å². The molecule has 1 aromatic heterocycles. The average molecular weight is 289 g/mol. The summed E-state index contributed by atoms with van der Waals surface area (Å²) in [7, 11) is 0. The number of aryl methyl sites for hydroxylation is 1. The highest BCUT2D eigenvalue weighted by atomic mass is 16.6. The van der Waals surface area contributed by atoms with Crippen LogP contribution >= 0.6 is 0 Å². The summed E-state index contributed by atoms with van der Waals surface area (Å²) in [6, 6.07) is 8.11. The first-order valence-corrected chi connectivity index (χ1v) is 6.40. The molecular formula is C15H15NO5. The van der Waals surface area contributed by atoms with Crippen LogP contribution in [0.15, 0.2) is 41.0 Å². The van der Waals surface area contributed by atoms with E-state index in [1.165, 1.54) is 12.3 Å². The molecule has 0 fully saturated rings. The molecular weight excluding hydrogens is 274 g/mol. The van der Waals surface area contributed by atoms with Gasteiger partial charge in [0.25, 0.3) is 0 Å². The lowest BCUT2D eigenvalue weighted by molar-refractivity contribution is 0.0700. The standard InChI is InChI=1S/C15H15NO5/c1-3-19-15(18)16-11-5-4-6-12(9-11)21-14(17)13-10(2)7-8-20-13/h4-9H,3H2,1-2H3,(H,16,18). The van der Waals surface area contributed by atoms with Gasteiger partial charge in [0.05, 0.1) is 12.9 Å². The summed E-state index contributed by atoms with van der Waals surface area (Å²) in [5, 5.41) is 2.53. The zero-order valence-corrected chi connectivity index (χ0v) is 11.7. The van der Waals surface area contributed by atoms with Crippen molar-refractivity contribution in [3.63, 3.8) is 0 Å². The SMILES string of the molecule is CCOC(=O)Nc1cccc(OC(=O)c2occc2C)c1. The van der Waals surface area contributed by atoms with Gasteiger partial charge in [-0.3, -0.25) is 5.32 Å². The van der Waals surface area contributed by atoms with E-state index in [9.17, 15) is 9.59 Å². The summed E-state index contributed by atoms with van der Waals surface area (Å²) in [6.07, 6.45) is 0.854. The third kappa shape index (κ3) is 3.85. The number of carbonyl (C=O) groups is 2. The Morgan fingerprint density at radius 3 is 2.76 bits per heavy atom. The second-order valence-electron chi connectivity index (χ2n) is 4.20. The van der Waals surface area contributed by atoms with Crippen LogP contribution in [0.25, 0.3) is 0 Å². The summed E-state index contributed by atoms with van der Waals surface area (Å²) in [4.78, 5) is 23.2. The summed E-state index contributed by atoms with van der Waals surface area (Å²) in [5.74, 6) is -0.144. The summed E-state index contributed by atoms with van der Waals surface area (Å²) in [5.41, 5.74) is 1.16. The van der Waals surface area contributed by atoms with Gasteiger partial charge >= 0.3 is 12.1 Å². The van der Waals surface area contributed by atoms with E-state index in [4.69, 9.17) is 13.9 Å². The van der Waals surface area contributed by atoms with Gasteiger partial charge in [-0.05, 0) is 32.0 Å². The fraction of sp³-hybridized carbons (Fsp3) is 0.200. The number of carbonyl (C=O) groups excluding carboxylic acids is 2. The van der Waals surface area contributed by atoms with Gasteiger partial charge in [0, 0.05) is 17.3 Å². The summed E-state index contributed by atoms with van der Waals surface area (Å²) < 4.78 is 15.0. The molecule has 0 saturated carbocycles. The number of ether oxygens (including phenoxy) is 2. The first kappa shape index (κ1) is 14.6. The van der Waals surface area contributed by atoms with Gasteiger partial charge in [0.15, 0.2) is 0 Å². The van der Waals surface area contributed by atoms with Crippen LogP contribution < -0.4 is 10.1 Å². The zero-order chi connectivity index (χ0) is 15.2. The number of nitrogens with one attached hydrogen (secondary N) is 1. The lowest BCUT2D eigenvalue weighted by Gasteiger charge is -2.07. The zero-order valence-electron chi connectivity index (χ0n) is 11.7. The minimum Gasteiger partial charge on any atom is -0.457 e. The molecule has 6 heteroatoms. The topological polar surface area (TPSA) is 77.8 Å². The van der Waals surface area contributed by atoms with E-state index in [2.05, 4.69) is 5.32 Å². The van der Waals surface area contributed by atoms with Gasteiger partial charge in [0.2, 0.25) is 5.76 Å². The van der Waals surface area contributed by atoms with Crippen molar-refractivity contribution in [2.75, 3.05) is 11.9 Å². The molecule has 110 valence electrons. The van der Waals surface area contributed by atoms with Crippen LogP contribution in [0.3, 0.4) is 0 Å². The van der Waals surface area contributed by atoms with Crippen LogP contribution in [-0.2, 0) is 4.74 Å². The maximum absolute atomic E-state index is 11.9. The van der Waals surface area contributed by atoms with Crippen molar-refractivity contribution in [2.24, 2.45) is 0 Å². The molecule has 21 heavy (non-hydrogen) atoms. The minimum absolute atomic E-state index is 0.152. The van der Waals surface area contributed by atoms with E-state index >= 15 is 0 Å². The van der Waals surface area contributed by atoms with Crippen LogP contribution in [-0.4, -0.2) is 18.7 Å². The van der Waals surface area contributed by atoms with Gasteiger partial charge < -0.3 is 13.9 Å². The molecule has 1 N–H and O–H groups in total. The molecule has 1 heterocycles. The Morgan fingerprint density at radius 1 is 1.29 bits per heavy atom. The van der Waals surface area contributed by atoms with Gasteiger partial charge in [-0.15, -0.1) is 0 Å². The molecule has 0 spiro atoms. The Morgan fingerprint density at radius 2 is 2.10 bits per heavy atom. The number of furan rings is 1. The third-order valence-corrected chi connectivity index (χ3v) is 2.61. The Bertz CT molecular complexity index is 647. The van der Waals surface area contributed by atoms with Crippen molar-refractivity contribution in [3.8, 4) is 5.75 Å². The highest BCUT2D eigenvalue weighted by Crippen LogP contribution is 2.20. The number of esters is 1. The highest BCUT2D eigenvalue weighted by Gasteiger charge is 2.15. The second-order valence-corrected chi connectivity index (χ2v) is 4.20. The smallest absolute Gasteiger partial charge is 0.411 e. The molecule has 0 saturated heterocycles. The molecule has 0 aliphatic rings. The molecule has 1 amide bonds. The number of hydrogen-bond donors (Lipinski definition) is 1. The largest absolute Gasteiger partial charge is 0.457 e. The first-order valence-electron chi connectivity index (χ1n) is 6.40. The molecule has 0 unspecified atom stereocenters. The number of rotatable bonds is 4. The normalized spacial score (nSPS) is 10.0. The maximum atomic E-state index is 11.9. The average Bonchev–Trinajstić information content (AvgIpc) is 2.85. The molecule has 0 aliphatic heterocycles. The predicted molar refractivity (Wildman–Crippen MR) is 75.5 cm³/mol. The number of hydrogen-bond acceptors (Lipinski definition) is 5. The monoisotopic (exact) mass is 289 g/mol. The van der Waals surface area contributed by atoms with Crippen molar-refractivity contribution in [2.45, 2.75) is 13.8 Å². The van der Waals surface area contributed by atoms with Gasteiger partial charge in [-0.2, -0.15) is 0 Å². The summed E-state index contributed by atoms with van der Waals surface area (Å²) >= 11 is 0. The Labute approximate surface area is 121 Å². The Balaban J connectivity index is 2.06. The Kier molecular flexibility index (Phi) is 4.61. The van der Waals surface area contributed by atoms with E-state index < -0.39 is 12.1 Å².